The largest absolute Gasteiger partial charge is 0.383 e. The maximum atomic E-state index is 6.16. The van der Waals surface area contributed by atoms with Gasteiger partial charge in [-0.1, -0.05) is 48.8 Å². The van der Waals surface area contributed by atoms with Crippen LogP contribution < -0.4 is 5.73 Å². The Morgan fingerprint density at radius 1 is 1.17 bits per heavy atom. The summed E-state index contributed by atoms with van der Waals surface area (Å²) in [6.45, 7) is 6.45. The quantitative estimate of drug-likeness (QED) is 0.872. The van der Waals surface area contributed by atoms with Crippen LogP contribution in [0.2, 0.25) is 0 Å². The average Bonchev–Trinajstić information content (AvgIpc) is 2.57. The van der Waals surface area contributed by atoms with Gasteiger partial charge in [-0.25, -0.2) is 0 Å². The highest BCUT2D eigenvalue weighted by Gasteiger charge is 2.25. The van der Waals surface area contributed by atoms with Crippen LogP contribution in [0, 0.1) is 0 Å². The summed E-state index contributed by atoms with van der Waals surface area (Å²) in [5.74, 6) is 0.710. The van der Waals surface area contributed by atoms with E-state index in [-0.39, 0.29) is 5.41 Å². The van der Waals surface area contributed by atoms with Crippen LogP contribution in [0.25, 0.3) is 11.1 Å². The number of aryl methyl sites for hydroxylation is 1. The second-order valence-electron chi connectivity index (χ2n) is 5.49. The van der Waals surface area contributed by atoms with Crippen molar-refractivity contribution in [2.75, 3.05) is 5.73 Å². The Morgan fingerprint density at radius 3 is 2.22 bits per heavy atom. The number of benzene rings is 1. The van der Waals surface area contributed by atoms with Gasteiger partial charge in [-0.3, -0.25) is 4.68 Å². The first-order chi connectivity index (χ1) is 8.30. The Kier molecular flexibility index (Phi) is 3.23. The van der Waals surface area contributed by atoms with Crippen LogP contribution in [0.1, 0.15) is 26.5 Å². The summed E-state index contributed by atoms with van der Waals surface area (Å²) in [4.78, 5) is 0. The first-order valence-corrected chi connectivity index (χ1v) is 6.69. The number of hydrogen-bond donors (Lipinski definition) is 1. The van der Waals surface area contributed by atoms with Gasteiger partial charge in [-0.05, 0) is 17.7 Å². The van der Waals surface area contributed by atoms with E-state index in [4.69, 9.17) is 5.73 Å². The molecule has 18 heavy (non-hydrogen) atoms. The van der Waals surface area contributed by atoms with Gasteiger partial charge in [0, 0.05) is 22.5 Å². The van der Waals surface area contributed by atoms with Crippen molar-refractivity contribution in [3.8, 4) is 11.1 Å². The van der Waals surface area contributed by atoms with E-state index >= 15 is 0 Å². The van der Waals surface area contributed by atoms with Crippen LogP contribution in [0.5, 0.6) is 0 Å². The number of halogens is 1. The van der Waals surface area contributed by atoms with Crippen molar-refractivity contribution in [1.29, 1.82) is 0 Å². The molecule has 0 unspecified atom stereocenters. The molecule has 0 spiro atoms. The second kappa shape index (κ2) is 4.43. The van der Waals surface area contributed by atoms with E-state index < -0.39 is 0 Å². The van der Waals surface area contributed by atoms with Gasteiger partial charge in [0.2, 0.25) is 0 Å². The van der Waals surface area contributed by atoms with Crippen LogP contribution in [0.3, 0.4) is 0 Å². The first kappa shape index (κ1) is 13.1. The number of nitrogens with two attached hydrogens (primary N) is 1. The highest BCUT2D eigenvalue weighted by molar-refractivity contribution is 9.10. The Labute approximate surface area is 116 Å². The number of hydrogen-bond acceptors (Lipinski definition) is 2. The van der Waals surface area contributed by atoms with Gasteiger partial charge in [0.05, 0.1) is 5.69 Å². The lowest BCUT2D eigenvalue weighted by Gasteiger charge is -2.17. The third kappa shape index (κ3) is 2.29. The van der Waals surface area contributed by atoms with E-state index in [0.717, 1.165) is 21.3 Å². The van der Waals surface area contributed by atoms with Gasteiger partial charge in [0.1, 0.15) is 5.82 Å². The SMILES string of the molecule is Cn1nc(C(C)(C)C)c(-c2ccc(Br)cc2)c1N. The fourth-order valence-electron chi connectivity index (χ4n) is 1.96. The minimum Gasteiger partial charge on any atom is -0.383 e. The number of nitrogens with zero attached hydrogens (tertiary/aromatic N) is 2. The number of rotatable bonds is 1. The summed E-state index contributed by atoms with van der Waals surface area (Å²) >= 11 is 3.45. The second-order valence-corrected chi connectivity index (χ2v) is 6.41. The normalized spacial score (nSPS) is 11.8. The summed E-state index contributed by atoms with van der Waals surface area (Å²) in [5.41, 5.74) is 9.31. The van der Waals surface area contributed by atoms with Crippen molar-refractivity contribution < 1.29 is 0 Å². The van der Waals surface area contributed by atoms with Gasteiger partial charge in [-0.2, -0.15) is 5.10 Å². The molecule has 0 aliphatic heterocycles. The van der Waals surface area contributed by atoms with E-state index in [1.165, 1.54) is 0 Å². The summed E-state index contributed by atoms with van der Waals surface area (Å²) in [6, 6.07) is 8.17. The molecule has 0 saturated carbocycles. The molecule has 96 valence electrons. The van der Waals surface area contributed by atoms with Crippen LogP contribution in [0.4, 0.5) is 5.82 Å². The van der Waals surface area contributed by atoms with Gasteiger partial charge < -0.3 is 5.73 Å². The predicted octanol–water partition coefficient (Wildman–Crippen LogP) is 3.73. The zero-order chi connectivity index (χ0) is 13.5. The lowest BCUT2D eigenvalue weighted by molar-refractivity contribution is 0.555. The van der Waals surface area contributed by atoms with Gasteiger partial charge >= 0.3 is 0 Å². The van der Waals surface area contributed by atoms with Gasteiger partial charge in [0.15, 0.2) is 0 Å². The maximum Gasteiger partial charge on any atom is 0.129 e. The molecule has 2 N–H and O–H groups in total. The summed E-state index contributed by atoms with van der Waals surface area (Å²) in [7, 11) is 1.88. The lowest BCUT2D eigenvalue weighted by Crippen LogP contribution is -2.13. The predicted molar refractivity (Wildman–Crippen MR) is 79.5 cm³/mol. The van der Waals surface area contributed by atoms with E-state index in [1.54, 1.807) is 4.68 Å². The smallest absolute Gasteiger partial charge is 0.129 e. The molecule has 1 aromatic heterocycles. The molecule has 0 aliphatic carbocycles. The Morgan fingerprint density at radius 2 is 1.72 bits per heavy atom. The highest BCUT2D eigenvalue weighted by atomic mass is 79.9. The fourth-order valence-corrected chi connectivity index (χ4v) is 2.23. The summed E-state index contributed by atoms with van der Waals surface area (Å²) in [6.07, 6.45) is 0. The molecule has 1 aromatic carbocycles. The molecule has 3 nitrogen and oxygen atoms in total. The van der Waals surface area contributed by atoms with E-state index in [1.807, 2.05) is 19.2 Å². The van der Waals surface area contributed by atoms with Gasteiger partial charge in [-0.15, -0.1) is 0 Å². The lowest BCUT2D eigenvalue weighted by atomic mass is 9.87. The summed E-state index contributed by atoms with van der Waals surface area (Å²) in [5, 5.41) is 4.56. The average molecular weight is 308 g/mol. The fraction of sp³-hybridized carbons (Fsp3) is 0.357. The van der Waals surface area contributed by atoms with E-state index in [9.17, 15) is 0 Å². The van der Waals surface area contributed by atoms with Crippen molar-refractivity contribution in [2.24, 2.45) is 7.05 Å². The number of anilines is 1. The van der Waals surface area contributed by atoms with Crippen molar-refractivity contribution in [3.63, 3.8) is 0 Å². The van der Waals surface area contributed by atoms with Crippen LogP contribution in [0.15, 0.2) is 28.7 Å². The Hall–Kier alpha value is -1.29. The molecule has 0 amide bonds. The van der Waals surface area contributed by atoms with Crippen molar-refractivity contribution >= 4 is 21.7 Å². The molecule has 4 heteroatoms. The van der Waals surface area contributed by atoms with E-state index in [2.05, 4.69) is 53.9 Å². The molecule has 0 aliphatic rings. The molecule has 0 fully saturated rings. The zero-order valence-corrected chi connectivity index (χ0v) is 12.7. The Balaban J connectivity index is 2.66. The molecule has 2 rings (SSSR count). The molecule has 0 saturated heterocycles. The molecule has 1 heterocycles. The van der Waals surface area contributed by atoms with Crippen molar-refractivity contribution in [1.82, 2.24) is 9.78 Å². The molecule has 2 aromatic rings. The van der Waals surface area contributed by atoms with Crippen LogP contribution in [-0.2, 0) is 12.5 Å². The number of nitrogen functional groups attached to an aromatic ring is 1. The minimum absolute atomic E-state index is 0.0300. The standard InChI is InChI=1S/C14H18BrN3/c1-14(2,3)12-11(13(16)18(4)17-12)9-5-7-10(15)8-6-9/h5-8H,16H2,1-4H3. The topological polar surface area (TPSA) is 43.8 Å². The van der Waals surface area contributed by atoms with Gasteiger partial charge in [0.25, 0.3) is 0 Å². The minimum atomic E-state index is -0.0300. The monoisotopic (exact) mass is 307 g/mol. The molecule has 0 bridgehead atoms. The van der Waals surface area contributed by atoms with Crippen LogP contribution in [-0.4, -0.2) is 9.78 Å². The summed E-state index contributed by atoms with van der Waals surface area (Å²) < 4.78 is 2.81. The molecular weight excluding hydrogens is 290 g/mol. The van der Waals surface area contributed by atoms with Crippen LogP contribution >= 0.6 is 15.9 Å². The van der Waals surface area contributed by atoms with Crippen molar-refractivity contribution in [3.05, 3.63) is 34.4 Å². The van der Waals surface area contributed by atoms with E-state index in [0.29, 0.717) is 5.82 Å². The number of aromatic nitrogens is 2. The molecule has 0 radical (unpaired) electrons. The molecular formula is C14H18BrN3. The molecule has 0 atom stereocenters. The highest BCUT2D eigenvalue weighted by Crippen LogP contribution is 2.36. The zero-order valence-electron chi connectivity index (χ0n) is 11.2. The Bertz CT molecular complexity index is 562. The maximum absolute atomic E-state index is 6.16. The first-order valence-electron chi connectivity index (χ1n) is 5.89. The third-order valence-corrected chi connectivity index (χ3v) is 3.46. The third-order valence-electron chi connectivity index (χ3n) is 2.93. The van der Waals surface area contributed by atoms with Crippen molar-refractivity contribution in [2.45, 2.75) is 26.2 Å².